The van der Waals surface area contributed by atoms with Crippen molar-refractivity contribution in [3.63, 3.8) is 0 Å². The topological polar surface area (TPSA) is 94.8 Å². The number of nitrogens with one attached hydrogen (secondary N) is 1. The van der Waals surface area contributed by atoms with Gasteiger partial charge in [-0.1, -0.05) is 5.21 Å². The molecule has 0 saturated carbocycles. The average molecular weight is 310 g/mol. The molecule has 8 nitrogen and oxygen atoms in total. The summed E-state index contributed by atoms with van der Waals surface area (Å²) in [6.45, 7) is 0.252. The van der Waals surface area contributed by atoms with Crippen molar-refractivity contribution in [3.8, 4) is 11.6 Å². The number of ether oxygens (including phenoxy) is 1. The Morgan fingerprint density at radius 2 is 2.09 bits per heavy atom. The first kappa shape index (κ1) is 14.6. The predicted molar refractivity (Wildman–Crippen MR) is 81.1 cm³/mol. The van der Waals surface area contributed by atoms with Crippen molar-refractivity contribution >= 4 is 5.91 Å². The lowest BCUT2D eigenvalue weighted by Crippen LogP contribution is -2.23. The van der Waals surface area contributed by atoms with E-state index in [4.69, 9.17) is 4.74 Å². The third kappa shape index (κ3) is 3.31. The van der Waals surface area contributed by atoms with Gasteiger partial charge in [-0.25, -0.2) is 9.67 Å². The quantitative estimate of drug-likeness (QED) is 0.755. The molecule has 1 N–H and O–H groups in total. The summed E-state index contributed by atoms with van der Waals surface area (Å²) in [5.41, 5.74) is 1.86. The van der Waals surface area contributed by atoms with Crippen molar-refractivity contribution in [2.75, 3.05) is 7.11 Å². The minimum absolute atomic E-state index is 0.252. The lowest BCUT2D eigenvalue weighted by atomic mass is 10.2. The van der Waals surface area contributed by atoms with Gasteiger partial charge < -0.3 is 10.1 Å². The van der Waals surface area contributed by atoms with Gasteiger partial charge in [-0.15, -0.1) is 5.10 Å². The number of carbonyl (C=O) groups excluding carboxylic acids is 1. The van der Waals surface area contributed by atoms with Crippen molar-refractivity contribution in [1.82, 2.24) is 30.3 Å². The van der Waals surface area contributed by atoms with Crippen LogP contribution >= 0.6 is 0 Å². The highest BCUT2D eigenvalue weighted by atomic mass is 16.5. The van der Waals surface area contributed by atoms with E-state index in [1.54, 1.807) is 41.6 Å². The van der Waals surface area contributed by atoms with E-state index >= 15 is 0 Å². The number of amides is 1. The van der Waals surface area contributed by atoms with Crippen LogP contribution in [0, 0.1) is 0 Å². The van der Waals surface area contributed by atoms with Crippen LogP contribution < -0.4 is 10.1 Å². The van der Waals surface area contributed by atoms with Crippen molar-refractivity contribution in [2.45, 2.75) is 6.54 Å². The SMILES string of the molecule is COc1ncccc1C(=O)NCc1cn(-c2ccncc2)nn1. The Labute approximate surface area is 132 Å². The highest BCUT2D eigenvalue weighted by molar-refractivity contribution is 5.96. The van der Waals surface area contributed by atoms with Gasteiger partial charge in [-0.05, 0) is 24.3 Å². The Bertz CT molecular complexity index is 802. The maximum atomic E-state index is 12.2. The highest BCUT2D eigenvalue weighted by Crippen LogP contribution is 2.13. The second-order valence-electron chi connectivity index (χ2n) is 4.60. The lowest BCUT2D eigenvalue weighted by Gasteiger charge is -2.06. The number of nitrogens with zero attached hydrogens (tertiary/aromatic N) is 5. The van der Waals surface area contributed by atoms with Gasteiger partial charge in [0.15, 0.2) is 0 Å². The Kier molecular flexibility index (Phi) is 4.23. The Morgan fingerprint density at radius 1 is 1.26 bits per heavy atom. The van der Waals surface area contributed by atoms with Crippen LogP contribution in [-0.4, -0.2) is 38.0 Å². The molecule has 0 aliphatic carbocycles. The number of rotatable bonds is 5. The highest BCUT2D eigenvalue weighted by Gasteiger charge is 2.13. The summed E-state index contributed by atoms with van der Waals surface area (Å²) in [5.74, 6) is -0.00106. The molecule has 0 atom stereocenters. The van der Waals surface area contributed by atoms with E-state index in [0.29, 0.717) is 11.3 Å². The van der Waals surface area contributed by atoms with Gasteiger partial charge in [0.1, 0.15) is 11.3 Å². The first-order valence-corrected chi connectivity index (χ1v) is 6.87. The van der Waals surface area contributed by atoms with Gasteiger partial charge in [0.2, 0.25) is 5.88 Å². The number of methoxy groups -OCH3 is 1. The van der Waals surface area contributed by atoms with Gasteiger partial charge in [-0.3, -0.25) is 9.78 Å². The number of pyridine rings is 2. The van der Waals surface area contributed by atoms with E-state index in [0.717, 1.165) is 5.69 Å². The van der Waals surface area contributed by atoms with E-state index in [2.05, 4.69) is 25.6 Å². The molecule has 0 saturated heterocycles. The van der Waals surface area contributed by atoms with Crippen molar-refractivity contribution in [1.29, 1.82) is 0 Å². The molecule has 1 amide bonds. The molecular weight excluding hydrogens is 296 g/mol. The van der Waals surface area contributed by atoms with E-state index in [-0.39, 0.29) is 18.3 Å². The normalized spacial score (nSPS) is 10.3. The molecule has 0 spiro atoms. The molecule has 3 rings (SSSR count). The van der Waals surface area contributed by atoms with E-state index in [1.807, 2.05) is 12.1 Å². The molecule has 0 aliphatic rings. The van der Waals surface area contributed by atoms with Crippen LogP contribution in [0.1, 0.15) is 16.1 Å². The largest absolute Gasteiger partial charge is 0.480 e. The molecule has 3 aromatic heterocycles. The molecule has 3 aromatic rings. The molecule has 3 heterocycles. The average Bonchev–Trinajstić information content (AvgIpc) is 3.09. The zero-order chi connectivity index (χ0) is 16.1. The first-order valence-electron chi connectivity index (χ1n) is 6.87. The van der Waals surface area contributed by atoms with Crippen molar-refractivity contribution < 1.29 is 9.53 Å². The Balaban J connectivity index is 1.67. The molecule has 0 aromatic carbocycles. The van der Waals surface area contributed by atoms with E-state index in [9.17, 15) is 4.79 Å². The minimum atomic E-state index is -0.284. The molecule has 0 aliphatic heterocycles. The van der Waals surface area contributed by atoms with Gasteiger partial charge >= 0.3 is 0 Å². The monoisotopic (exact) mass is 310 g/mol. The summed E-state index contributed by atoms with van der Waals surface area (Å²) >= 11 is 0. The summed E-state index contributed by atoms with van der Waals surface area (Å²) in [5, 5.41) is 10.8. The summed E-state index contributed by atoms with van der Waals surface area (Å²) in [7, 11) is 1.47. The van der Waals surface area contributed by atoms with Crippen LogP contribution in [0.4, 0.5) is 0 Å². The molecule has 0 bridgehead atoms. The van der Waals surface area contributed by atoms with Crippen LogP contribution in [0.25, 0.3) is 5.69 Å². The summed E-state index contributed by atoms with van der Waals surface area (Å²) < 4.78 is 6.69. The third-order valence-electron chi connectivity index (χ3n) is 3.11. The van der Waals surface area contributed by atoms with Gasteiger partial charge in [0.25, 0.3) is 5.91 Å². The molecule has 0 unspecified atom stereocenters. The summed E-state index contributed by atoms with van der Waals surface area (Å²) in [6, 6.07) is 6.96. The van der Waals surface area contributed by atoms with Crippen LogP contribution in [-0.2, 0) is 6.54 Å². The van der Waals surface area contributed by atoms with Crippen LogP contribution in [0.15, 0.2) is 49.1 Å². The van der Waals surface area contributed by atoms with Crippen LogP contribution in [0.3, 0.4) is 0 Å². The minimum Gasteiger partial charge on any atom is -0.480 e. The van der Waals surface area contributed by atoms with Crippen molar-refractivity contribution in [3.05, 3.63) is 60.3 Å². The fourth-order valence-corrected chi connectivity index (χ4v) is 1.99. The second-order valence-corrected chi connectivity index (χ2v) is 4.60. The van der Waals surface area contributed by atoms with Gasteiger partial charge in [0.05, 0.1) is 25.5 Å². The number of hydrogen-bond acceptors (Lipinski definition) is 6. The molecule has 116 valence electrons. The van der Waals surface area contributed by atoms with Crippen molar-refractivity contribution in [2.24, 2.45) is 0 Å². The van der Waals surface area contributed by atoms with Crippen LogP contribution in [0.5, 0.6) is 5.88 Å². The zero-order valence-corrected chi connectivity index (χ0v) is 12.4. The molecule has 8 heteroatoms. The van der Waals surface area contributed by atoms with Gasteiger partial charge in [0, 0.05) is 18.6 Å². The second kappa shape index (κ2) is 6.65. The molecular formula is C15H14N6O2. The van der Waals surface area contributed by atoms with Gasteiger partial charge in [-0.2, -0.15) is 0 Å². The third-order valence-corrected chi connectivity index (χ3v) is 3.11. The molecule has 0 fully saturated rings. The number of aromatic nitrogens is 5. The summed E-state index contributed by atoms with van der Waals surface area (Å²) in [6.07, 6.45) is 6.66. The predicted octanol–water partition coefficient (Wildman–Crippen LogP) is 0.996. The Morgan fingerprint density at radius 3 is 2.87 bits per heavy atom. The lowest BCUT2D eigenvalue weighted by molar-refractivity contribution is 0.0946. The molecule has 0 radical (unpaired) electrons. The number of hydrogen-bond donors (Lipinski definition) is 1. The number of carbonyl (C=O) groups is 1. The zero-order valence-electron chi connectivity index (χ0n) is 12.4. The standard InChI is InChI=1S/C15H14N6O2/c1-23-15-13(3-2-6-17-15)14(22)18-9-11-10-21(20-19-11)12-4-7-16-8-5-12/h2-8,10H,9H2,1H3,(H,18,22). The summed E-state index contributed by atoms with van der Waals surface area (Å²) in [4.78, 5) is 20.1. The van der Waals surface area contributed by atoms with E-state index in [1.165, 1.54) is 7.11 Å². The van der Waals surface area contributed by atoms with E-state index < -0.39 is 0 Å². The fraction of sp³-hybridized carbons (Fsp3) is 0.133. The first-order chi connectivity index (χ1) is 11.3. The Hall–Kier alpha value is -3.29. The maximum Gasteiger partial charge on any atom is 0.257 e. The fourth-order valence-electron chi connectivity index (χ4n) is 1.99. The van der Waals surface area contributed by atoms with Crippen LogP contribution in [0.2, 0.25) is 0 Å². The maximum absolute atomic E-state index is 12.2. The smallest absolute Gasteiger partial charge is 0.257 e. The molecule has 23 heavy (non-hydrogen) atoms.